The van der Waals surface area contributed by atoms with Crippen LogP contribution >= 0.6 is 0 Å². The van der Waals surface area contributed by atoms with E-state index in [2.05, 4.69) is 20.8 Å². The maximum atomic E-state index is 6.22. The molecule has 1 saturated carbocycles. The van der Waals surface area contributed by atoms with E-state index in [1.54, 1.807) is 0 Å². The largest absolute Gasteiger partial charge is 0.500 e. The highest BCUT2D eigenvalue weighted by Gasteiger charge is 2.42. The van der Waals surface area contributed by atoms with Crippen molar-refractivity contribution in [2.75, 3.05) is 71.0 Å². The first-order chi connectivity index (χ1) is 24.7. The van der Waals surface area contributed by atoms with Crippen LogP contribution in [0.2, 0.25) is 18.1 Å². The third-order valence-electron chi connectivity index (χ3n) is 9.76. The Hall–Kier alpha value is 0.861. The molecule has 0 aromatic carbocycles. The lowest BCUT2D eigenvalue weighted by molar-refractivity contribution is 0.0668. The van der Waals surface area contributed by atoms with Crippen LogP contribution in [0.15, 0.2) is 0 Å². The van der Waals surface area contributed by atoms with Gasteiger partial charge in [-0.2, -0.15) is 0 Å². The lowest BCUT2D eigenvalue weighted by atomic mass is 9.70. The second-order valence-corrected chi connectivity index (χ2v) is 24.7. The van der Waals surface area contributed by atoms with E-state index in [0.717, 1.165) is 60.7 Å². The second-order valence-electron chi connectivity index (χ2n) is 13.4. The van der Waals surface area contributed by atoms with Crippen molar-refractivity contribution in [2.45, 2.75) is 151 Å². The minimum Gasteiger partial charge on any atom is -0.374 e. The summed E-state index contributed by atoms with van der Waals surface area (Å²) in [5.74, 6) is 4.36. The van der Waals surface area contributed by atoms with Gasteiger partial charge in [-0.1, -0.05) is 43.3 Å². The van der Waals surface area contributed by atoms with E-state index in [4.69, 9.17) is 51.0 Å². The van der Waals surface area contributed by atoms with Gasteiger partial charge < -0.3 is 39.8 Å². The Bertz CT molecular complexity index is 813. The molecule has 1 aliphatic carbocycles. The van der Waals surface area contributed by atoms with Crippen molar-refractivity contribution < 1.29 is 39.8 Å². The molecule has 1 rings (SSSR count). The molecule has 0 aliphatic heterocycles. The normalized spacial score (nSPS) is 19.5. The lowest BCUT2D eigenvalue weighted by Crippen LogP contribution is -2.46. The summed E-state index contributed by atoms with van der Waals surface area (Å²) in [4.78, 5) is 0. The summed E-state index contributed by atoms with van der Waals surface area (Å²) in [6.45, 7) is 24.0. The summed E-state index contributed by atoms with van der Waals surface area (Å²) in [7, 11) is -7.84. The molecule has 14 heteroatoms. The Morgan fingerprint density at radius 1 is 0.431 bits per heavy atom. The van der Waals surface area contributed by atoms with Crippen LogP contribution in [-0.4, -0.2) is 97.4 Å². The molecule has 0 amide bonds. The first-order valence-corrected chi connectivity index (χ1v) is 29.1. The molecular weight excluding hydrogens is 737 g/mol. The maximum absolute atomic E-state index is 6.22. The number of unbranched alkanes of at least 4 members (excludes halogenated alkanes) is 3. The highest BCUT2D eigenvalue weighted by Crippen LogP contribution is 2.41. The van der Waals surface area contributed by atoms with Gasteiger partial charge in [0.25, 0.3) is 0 Å². The van der Waals surface area contributed by atoms with Gasteiger partial charge in [0.2, 0.25) is 0 Å². The molecule has 9 nitrogen and oxygen atoms in total. The standard InChI is InChI=1S/C37H80O9S2Si3/c1-10-38-49(39-11-2,40-12-3)31-22-20-19-21-24-36-26-25-35(28-33-51(44-16-7,45-17-8)46-18-9)34-37(36)27-30-48(47)29-23-32-50(41-13-4,42-14-5)43-15-6/h35-37H,10-34H2,1-9H3. The zero-order chi connectivity index (χ0) is 37.9. The highest BCUT2D eigenvalue weighted by molar-refractivity contribution is 8.28. The monoisotopic (exact) mass is 816 g/mol. The van der Waals surface area contributed by atoms with Crippen LogP contribution < -0.4 is 0 Å². The summed E-state index contributed by atoms with van der Waals surface area (Å²) in [6.07, 6.45) is 13.4. The van der Waals surface area contributed by atoms with Gasteiger partial charge in [-0.3, -0.25) is 0 Å². The van der Waals surface area contributed by atoms with Gasteiger partial charge >= 0.3 is 26.4 Å². The number of rotatable bonds is 35. The zero-order valence-electron chi connectivity index (χ0n) is 34.4. The van der Waals surface area contributed by atoms with Gasteiger partial charge in [0.05, 0.1) is 0 Å². The summed E-state index contributed by atoms with van der Waals surface area (Å²) >= 11 is 6.11. The molecule has 4 unspecified atom stereocenters. The van der Waals surface area contributed by atoms with Gasteiger partial charge in [-0.15, -0.1) is 9.45 Å². The molecule has 1 fully saturated rings. The molecule has 0 radical (unpaired) electrons. The number of hydrogen-bond donors (Lipinski definition) is 0. The zero-order valence-corrected chi connectivity index (χ0v) is 39.0. The molecule has 0 heterocycles. The molecule has 1 aliphatic rings. The Morgan fingerprint density at radius 2 is 0.843 bits per heavy atom. The van der Waals surface area contributed by atoms with Crippen molar-refractivity contribution in [3.63, 3.8) is 0 Å². The van der Waals surface area contributed by atoms with Crippen LogP contribution in [0.5, 0.6) is 0 Å². The average Bonchev–Trinajstić information content (AvgIpc) is 3.09. The molecular formula is C37H80O9S2Si3. The summed E-state index contributed by atoms with van der Waals surface area (Å²) in [5.41, 5.74) is 0. The minimum absolute atomic E-state index is 0.0405. The van der Waals surface area contributed by atoms with Crippen molar-refractivity contribution in [3.8, 4) is 0 Å². The lowest BCUT2D eigenvalue weighted by Gasteiger charge is -2.38. The maximum Gasteiger partial charge on any atom is 0.500 e. The highest BCUT2D eigenvalue weighted by atomic mass is 32.8. The molecule has 0 aromatic heterocycles. The quantitative estimate of drug-likeness (QED) is 0.0456. The first-order valence-electron chi connectivity index (χ1n) is 20.8. The van der Waals surface area contributed by atoms with E-state index in [1.165, 1.54) is 51.4 Å². The third-order valence-corrected chi connectivity index (χ3v) is 21.6. The van der Waals surface area contributed by atoms with Gasteiger partial charge in [-0.25, -0.2) is 0 Å². The molecule has 0 bridgehead atoms. The van der Waals surface area contributed by atoms with Crippen molar-refractivity contribution in [2.24, 2.45) is 17.8 Å². The smallest absolute Gasteiger partial charge is 0.374 e. The molecule has 51 heavy (non-hydrogen) atoms. The third kappa shape index (κ3) is 20.0. The summed E-state index contributed by atoms with van der Waals surface area (Å²) in [6, 6.07) is 2.68. The molecule has 4 atom stereocenters. The Morgan fingerprint density at radius 3 is 1.29 bits per heavy atom. The van der Waals surface area contributed by atoms with E-state index >= 15 is 0 Å². The van der Waals surface area contributed by atoms with E-state index < -0.39 is 26.4 Å². The fraction of sp³-hybridized carbons (Fsp3) is 1.00. The molecule has 0 spiro atoms. The fourth-order valence-corrected chi connectivity index (χ4v) is 17.9. The molecule has 306 valence electrons. The van der Waals surface area contributed by atoms with Crippen LogP contribution in [0.25, 0.3) is 0 Å². The Labute approximate surface area is 325 Å². The molecule has 0 aromatic rings. The molecule has 0 saturated heterocycles. The van der Waals surface area contributed by atoms with Gasteiger partial charge in [0.1, 0.15) is 0 Å². The van der Waals surface area contributed by atoms with Gasteiger partial charge in [0.15, 0.2) is 0 Å². The van der Waals surface area contributed by atoms with Crippen LogP contribution in [0, 0.1) is 17.8 Å². The van der Waals surface area contributed by atoms with E-state index in [0.29, 0.717) is 65.4 Å². The topological polar surface area (TPSA) is 83.1 Å². The number of hydrogen-bond acceptors (Lipinski definition) is 10. The van der Waals surface area contributed by atoms with Gasteiger partial charge in [0, 0.05) is 77.6 Å². The summed E-state index contributed by atoms with van der Waals surface area (Å²) < 4.78 is 55.2. The van der Waals surface area contributed by atoms with Crippen molar-refractivity contribution >= 4 is 47.1 Å². The van der Waals surface area contributed by atoms with E-state index in [9.17, 15) is 0 Å². The Balaban J connectivity index is 2.84. The van der Waals surface area contributed by atoms with E-state index in [-0.39, 0.29) is 9.45 Å². The van der Waals surface area contributed by atoms with Crippen molar-refractivity contribution in [1.82, 2.24) is 0 Å². The SMILES string of the molecule is CCO[Si](CCCCCCC1CCC(CC[Si](OCC)(OCC)OCC)CC1CCS(=S)CCC[Si](OCC)(OCC)OCC)(OCC)OCC. The first kappa shape index (κ1) is 49.9. The van der Waals surface area contributed by atoms with Gasteiger partial charge in [-0.05, 0) is 130 Å². The van der Waals surface area contributed by atoms with Crippen LogP contribution in [0.3, 0.4) is 0 Å². The van der Waals surface area contributed by atoms with Crippen molar-refractivity contribution in [1.29, 1.82) is 0 Å². The predicted octanol–water partition coefficient (Wildman–Crippen LogP) is 9.37. The summed E-state index contributed by atoms with van der Waals surface area (Å²) in [5, 5.41) is 0. The van der Waals surface area contributed by atoms with Crippen LogP contribution in [-0.2, 0) is 60.5 Å². The predicted molar refractivity (Wildman–Crippen MR) is 222 cm³/mol. The fourth-order valence-electron chi connectivity index (χ4n) is 7.74. The Kier molecular flexibility index (Phi) is 29.4. The second kappa shape index (κ2) is 30.1. The average molecular weight is 817 g/mol. The van der Waals surface area contributed by atoms with Crippen LogP contribution in [0.4, 0.5) is 0 Å². The van der Waals surface area contributed by atoms with E-state index in [1.807, 2.05) is 41.5 Å². The minimum atomic E-state index is -2.63. The molecule has 0 N–H and O–H groups in total. The van der Waals surface area contributed by atoms with Crippen LogP contribution in [0.1, 0.15) is 133 Å². The van der Waals surface area contributed by atoms with Crippen molar-refractivity contribution in [3.05, 3.63) is 0 Å².